The lowest BCUT2D eigenvalue weighted by molar-refractivity contribution is 0.479. The van der Waals surface area contributed by atoms with Crippen molar-refractivity contribution < 1.29 is 4.74 Å². The molecule has 0 atom stereocenters. The van der Waals surface area contributed by atoms with Gasteiger partial charge in [0.15, 0.2) is 0 Å². The molecule has 3 heteroatoms. The molecule has 2 rings (SSSR count). The minimum atomic E-state index is 0.775. The quantitative estimate of drug-likeness (QED) is 0.788. The van der Waals surface area contributed by atoms with Crippen molar-refractivity contribution in [3.63, 3.8) is 0 Å². The first-order valence-electron chi connectivity index (χ1n) is 6.26. The van der Waals surface area contributed by atoms with Gasteiger partial charge in [0.1, 0.15) is 11.5 Å². The maximum Gasteiger partial charge on any atom is 0.146 e. The van der Waals surface area contributed by atoms with E-state index in [0.29, 0.717) is 0 Å². The monoisotopic (exact) mass is 242 g/mol. The van der Waals surface area contributed by atoms with Crippen LogP contribution in [0.25, 0.3) is 0 Å². The lowest BCUT2D eigenvalue weighted by Crippen LogP contribution is -2.13. The summed E-state index contributed by atoms with van der Waals surface area (Å²) in [6.07, 6.45) is 4.73. The van der Waals surface area contributed by atoms with Gasteiger partial charge >= 0.3 is 0 Å². The van der Waals surface area contributed by atoms with E-state index in [2.05, 4.69) is 17.2 Å². The maximum absolute atomic E-state index is 5.74. The molecule has 0 fully saturated rings. The Labute approximate surface area is 108 Å². The van der Waals surface area contributed by atoms with Crippen LogP contribution in [0.1, 0.15) is 18.9 Å². The number of para-hydroxylation sites is 1. The van der Waals surface area contributed by atoms with E-state index >= 15 is 0 Å². The van der Waals surface area contributed by atoms with Crippen LogP contribution in [0.5, 0.6) is 11.5 Å². The SMILES string of the molecule is CCCNCc1cncc(Oc2ccccc2)c1. The van der Waals surface area contributed by atoms with E-state index in [1.165, 1.54) is 0 Å². The summed E-state index contributed by atoms with van der Waals surface area (Å²) in [6.45, 7) is 4.00. The molecule has 0 amide bonds. The molecule has 0 spiro atoms. The van der Waals surface area contributed by atoms with Crippen molar-refractivity contribution in [2.24, 2.45) is 0 Å². The highest BCUT2D eigenvalue weighted by Crippen LogP contribution is 2.20. The van der Waals surface area contributed by atoms with E-state index in [-0.39, 0.29) is 0 Å². The van der Waals surface area contributed by atoms with Crippen LogP contribution in [0.2, 0.25) is 0 Å². The maximum atomic E-state index is 5.74. The van der Waals surface area contributed by atoms with Crippen LogP contribution in [-0.4, -0.2) is 11.5 Å². The predicted molar refractivity (Wildman–Crippen MR) is 72.8 cm³/mol. The minimum absolute atomic E-state index is 0.775. The van der Waals surface area contributed by atoms with Crippen LogP contribution < -0.4 is 10.1 Å². The Kier molecular flexibility index (Phi) is 4.73. The number of benzene rings is 1. The van der Waals surface area contributed by atoms with Gasteiger partial charge in [-0.1, -0.05) is 25.1 Å². The summed E-state index contributed by atoms with van der Waals surface area (Å²) in [6, 6.07) is 11.8. The second-order valence-corrected chi connectivity index (χ2v) is 4.12. The lowest BCUT2D eigenvalue weighted by atomic mass is 10.2. The number of ether oxygens (including phenoxy) is 1. The van der Waals surface area contributed by atoms with E-state index in [1.54, 1.807) is 6.20 Å². The molecule has 0 bridgehead atoms. The van der Waals surface area contributed by atoms with Gasteiger partial charge in [-0.15, -0.1) is 0 Å². The Morgan fingerprint density at radius 3 is 2.72 bits per heavy atom. The standard InChI is InChI=1S/C15H18N2O/c1-2-8-16-10-13-9-15(12-17-11-13)18-14-6-4-3-5-7-14/h3-7,9,11-12,16H,2,8,10H2,1H3. The normalized spacial score (nSPS) is 10.3. The van der Waals surface area contributed by atoms with E-state index < -0.39 is 0 Å². The highest BCUT2D eigenvalue weighted by atomic mass is 16.5. The van der Waals surface area contributed by atoms with Crippen molar-refractivity contribution in [3.05, 3.63) is 54.4 Å². The molecule has 94 valence electrons. The molecular weight excluding hydrogens is 224 g/mol. The van der Waals surface area contributed by atoms with Crippen LogP contribution in [0.3, 0.4) is 0 Å². The van der Waals surface area contributed by atoms with Gasteiger partial charge in [-0.3, -0.25) is 4.98 Å². The van der Waals surface area contributed by atoms with Crippen molar-refractivity contribution in [3.8, 4) is 11.5 Å². The van der Waals surface area contributed by atoms with E-state index in [1.807, 2.05) is 42.6 Å². The molecule has 18 heavy (non-hydrogen) atoms. The Bertz CT molecular complexity index is 471. The second kappa shape index (κ2) is 6.77. The van der Waals surface area contributed by atoms with Gasteiger partial charge in [0.25, 0.3) is 0 Å². The fraction of sp³-hybridized carbons (Fsp3) is 0.267. The summed E-state index contributed by atoms with van der Waals surface area (Å²) < 4.78 is 5.74. The van der Waals surface area contributed by atoms with Gasteiger partial charge < -0.3 is 10.1 Å². The first kappa shape index (κ1) is 12.6. The Balaban J connectivity index is 1.99. The molecule has 0 radical (unpaired) electrons. The van der Waals surface area contributed by atoms with Crippen LogP contribution in [0, 0.1) is 0 Å². The smallest absolute Gasteiger partial charge is 0.146 e. The topological polar surface area (TPSA) is 34.2 Å². The number of aromatic nitrogens is 1. The molecular formula is C15H18N2O. The first-order chi connectivity index (χ1) is 8.88. The Morgan fingerprint density at radius 1 is 1.11 bits per heavy atom. The van der Waals surface area contributed by atoms with Gasteiger partial charge in [-0.25, -0.2) is 0 Å². The van der Waals surface area contributed by atoms with Gasteiger partial charge in [-0.05, 0) is 36.7 Å². The zero-order chi connectivity index (χ0) is 12.6. The molecule has 0 saturated carbocycles. The second-order valence-electron chi connectivity index (χ2n) is 4.12. The van der Waals surface area contributed by atoms with E-state index in [4.69, 9.17) is 4.74 Å². The van der Waals surface area contributed by atoms with Crippen LogP contribution in [-0.2, 0) is 6.54 Å². The van der Waals surface area contributed by atoms with E-state index in [0.717, 1.165) is 36.6 Å². The fourth-order valence-corrected chi connectivity index (χ4v) is 1.65. The summed E-state index contributed by atoms with van der Waals surface area (Å²) in [5.41, 5.74) is 1.14. The zero-order valence-electron chi connectivity index (χ0n) is 10.6. The lowest BCUT2D eigenvalue weighted by Gasteiger charge is -2.07. The third kappa shape index (κ3) is 3.86. The van der Waals surface area contributed by atoms with Crippen LogP contribution in [0.4, 0.5) is 0 Å². The number of nitrogens with one attached hydrogen (secondary N) is 1. The molecule has 0 aliphatic carbocycles. The molecule has 1 heterocycles. The van der Waals surface area contributed by atoms with Gasteiger partial charge in [0.2, 0.25) is 0 Å². The third-order valence-electron chi connectivity index (χ3n) is 2.50. The Morgan fingerprint density at radius 2 is 1.94 bits per heavy atom. The number of rotatable bonds is 6. The third-order valence-corrected chi connectivity index (χ3v) is 2.50. The number of pyridine rings is 1. The molecule has 3 nitrogen and oxygen atoms in total. The van der Waals surface area contributed by atoms with Crippen LogP contribution >= 0.6 is 0 Å². The average Bonchev–Trinajstić information content (AvgIpc) is 2.41. The summed E-state index contributed by atoms with van der Waals surface area (Å²) in [4.78, 5) is 4.19. The summed E-state index contributed by atoms with van der Waals surface area (Å²) >= 11 is 0. The predicted octanol–water partition coefficient (Wildman–Crippen LogP) is 3.37. The molecule has 0 unspecified atom stereocenters. The average molecular weight is 242 g/mol. The summed E-state index contributed by atoms with van der Waals surface area (Å²) in [5.74, 6) is 1.61. The van der Waals surface area contributed by atoms with Crippen molar-refractivity contribution >= 4 is 0 Å². The summed E-state index contributed by atoms with van der Waals surface area (Å²) in [7, 11) is 0. The largest absolute Gasteiger partial charge is 0.456 e. The van der Waals surface area contributed by atoms with Crippen molar-refractivity contribution in [1.82, 2.24) is 10.3 Å². The highest BCUT2D eigenvalue weighted by molar-refractivity contribution is 5.31. The molecule has 0 saturated heterocycles. The highest BCUT2D eigenvalue weighted by Gasteiger charge is 1.99. The van der Waals surface area contributed by atoms with E-state index in [9.17, 15) is 0 Å². The van der Waals surface area contributed by atoms with Crippen LogP contribution in [0.15, 0.2) is 48.8 Å². The molecule has 0 aliphatic rings. The summed E-state index contributed by atoms with van der Waals surface area (Å²) in [5, 5.41) is 3.35. The first-order valence-corrected chi connectivity index (χ1v) is 6.26. The Hall–Kier alpha value is -1.87. The molecule has 1 N–H and O–H groups in total. The number of hydrogen-bond acceptors (Lipinski definition) is 3. The minimum Gasteiger partial charge on any atom is -0.456 e. The number of nitrogens with zero attached hydrogens (tertiary/aromatic N) is 1. The van der Waals surface area contributed by atoms with Crippen molar-refractivity contribution in [2.75, 3.05) is 6.54 Å². The molecule has 2 aromatic rings. The molecule has 1 aromatic carbocycles. The number of hydrogen-bond donors (Lipinski definition) is 1. The molecule has 1 aromatic heterocycles. The van der Waals surface area contributed by atoms with Crippen molar-refractivity contribution in [2.45, 2.75) is 19.9 Å². The van der Waals surface area contributed by atoms with Crippen molar-refractivity contribution in [1.29, 1.82) is 0 Å². The fourth-order valence-electron chi connectivity index (χ4n) is 1.65. The van der Waals surface area contributed by atoms with Gasteiger partial charge in [-0.2, -0.15) is 0 Å². The zero-order valence-corrected chi connectivity index (χ0v) is 10.6. The van der Waals surface area contributed by atoms with Gasteiger partial charge in [0.05, 0.1) is 6.20 Å². The molecule has 0 aliphatic heterocycles. The van der Waals surface area contributed by atoms with Gasteiger partial charge in [0, 0.05) is 12.7 Å².